The summed E-state index contributed by atoms with van der Waals surface area (Å²) in [6.45, 7) is 3.63. The molecule has 0 aromatic heterocycles. The summed E-state index contributed by atoms with van der Waals surface area (Å²) < 4.78 is 27.7. The average molecular weight is 587 g/mol. The van der Waals surface area contributed by atoms with Gasteiger partial charge < -0.3 is 0 Å². The molecule has 0 aliphatic rings. The van der Waals surface area contributed by atoms with Crippen molar-refractivity contribution in [2.75, 3.05) is 20.1 Å². The van der Waals surface area contributed by atoms with E-state index in [1.54, 1.807) is 7.05 Å². The molecule has 248 valence electrons. The molecular weight excluding hydrogens is 508 g/mol. The minimum Gasteiger partial charge on any atom is -0.268 e. The molecule has 41 heavy (non-hydrogen) atoms. The first-order valence-corrected chi connectivity index (χ1v) is 19.2. The predicted molar refractivity (Wildman–Crippen MR) is 181 cm³/mol. The van der Waals surface area contributed by atoms with E-state index < -0.39 is 6.55 Å². The van der Waals surface area contributed by atoms with E-state index in [4.69, 9.17) is 0 Å². The lowest BCUT2D eigenvalue weighted by molar-refractivity contribution is -0.963. The summed E-state index contributed by atoms with van der Waals surface area (Å²) in [5, 5.41) is 0. The van der Waals surface area contributed by atoms with Crippen LogP contribution in [0.5, 0.6) is 0 Å². The Bertz CT molecular complexity index is 445. The van der Waals surface area contributed by atoms with Gasteiger partial charge in [0.2, 0.25) is 0 Å². The zero-order valence-electron chi connectivity index (χ0n) is 28.8. The Morgan fingerprint density at radius 3 is 0.659 bits per heavy atom. The lowest BCUT2D eigenvalue weighted by Gasteiger charge is -2.33. The third kappa shape index (κ3) is 29.7. The normalized spacial score (nSPS) is 12.1. The molecule has 0 atom stereocenters. The van der Waals surface area contributed by atoms with E-state index in [0.717, 1.165) is 25.7 Å². The first-order valence-electron chi connectivity index (χ1n) is 19.2. The topological polar surface area (TPSA) is 0 Å². The van der Waals surface area contributed by atoms with Crippen molar-refractivity contribution in [1.29, 1.82) is 0 Å². The monoisotopic (exact) mass is 587 g/mol. The third-order valence-corrected chi connectivity index (χ3v) is 9.52. The number of rotatable bonds is 35. The van der Waals surface area contributed by atoms with Crippen molar-refractivity contribution in [2.45, 2.75) is 226 Å². The summed E-state index contributed by atoms with van der Waals surface area (Å²) in [6, 6.07) is 0. The zero-order chi connectivity index (χ0) is 30.1. The maximum absolute atomic E-state index is 13.8. The number of unbranched alkanes of at least 4 members (excludes halogenated alkanes) is 30. The van der Waals surface area contributed by atoms with Gasteiger partial charge in [0.1, 0.15) is 0 Å². The fourth-order valence-electron chi connectivity index (χ4n) is 6.35. The van der Waals surface area contributed by atoms with Crippen LogP contribution in [0.3, 0.4) is 0 Å². The lowest BCUT2D eigenvalue weighted by atomic mass is 10.0. The third-order valence-electron chi connectivity index (χ3n) is 9.52. The molecule has 0 amide bonds. The summed E-state index contributed by atoms with van der Waals surface area (Å²) in [5.41, 5.74) is 0. The Morgan fingerprint density at radius 1 is 0.317 bits per heavy atom. The highest BCUT2D eigenvalue weighted by molar-refractivity contribution is 4.52. The number of hydrogen-bond acceptors (Lipinski definition) is 0. The summed E-state index contributed by atoms with van der Waals surface area (Å²) >= 11 is 0. The van der Waals surface area contributed by atoms with Gasteiger partial charge in [-0.2, -0.15) is 8.78 Å². The molecule has 0 aliphatic carbocycles. The molecular formula is C38H78F2N+. The van der Waals surface area contributed by atoms with Crippen molar-refractivity contribution in [2.24, 2.45) is 0 Å². The van der Waals surface area contributed by atoms with E-state index in [9.17, 15) is 8.78 Å². The van der Waals surface area contributed by atoms with Gasteiger partial charge in [0.25, 0.3) is 0 Å². The predicted octanol–water partition coefficient (Wildman–Crippen LogP) is 14.2. The Kier molecular flexibility index (Phi) is 32.6. The highest BCUT2D eigenvalue weighted by atomic mass is 19.3. The standard InChI is InChI=1S/C38H78F2N/c1-4-6-8-10-12-14-16-18-20-22-24-26-28-30-32-34-36-41(3,38(39)40)37-35-33-31-29-27-25-23-21-19-17-15-13-11-9-7-5-2/h38H,4-37H2,1-3H3/q+1. The van der Waals surface area contributed by atoms with Crippen LogP contribution in [-0.2, 0) is 0 Å². The molecule has 0 aromatic carbocycles. The number of nitrogens with zero attached hydrogens (tertiary/aromatic N) is 1. The van der Waals surface area contributed by atoms with Gasteiger partial charge in [0.15, 0.2) is 0 Å². The van der Waals surface area contributed by atoms with Crippen LogP contribution >= 0.6 is 0 Å². The molecule has 0 fully saturated rings. The fraction of sp³-hybridized carbons (Fsp3) is 1.00. The molecule has 0 aliphatic heterocycles. The molecule has 0 N–H and O–H groups in total. The smallest absolute Gasteiger partial charge is 0.268 e. The molecule has 0 bridgehead atoms. The van der Waals surface area contributed by atoms with Crippen molar-refractivity contribution < 1.29 is 13.3 Å². The zero-order valence-corrected chi connectivity index (χ0v) is 28.8. The SMILES string of the molecule is CCCCCCCCCCCCCCCCCC[N+](C)(CCCCCCCCCCCCCCCCCC)C(F)F. The van der Waals surface area contributed by atoms with Crippen molar-refractivity contribution in [3.63, 3.8) is 0 Å². The van der Waals surface area contributed by atoms with E-state index in [1.807, 2.05) is 0 Å². The van der Waals surface area contributed by atoms with Gasteiger partial charge in [-0.25, -0.2) is 0 Å². The molecule has 0 aromatic rings. The van der Waals surface area contributed by atoms with Gasteiger partial charge in [-0.1, -0.05) is 194 Å². The van der Waals surface area contributed by atoms with Crippen LogP contribution in [-0.4, -0.2) is 31.2 Å². The summed E-state index contributed by atoms with van der Waals surface area (Å²) in [7, 11) is 1.79. The minimum absolute atomic E-state index is 0.0305. The second kappa shape index (κ2) is 32.7. The molecule has 0 radical (unpaired) electrons. The van der Waals surface area contributed by atoms with Gasteiger partial charge in [-0.05, 0) is 25.7 Å². The first kappa shape index (κ1) is 40.8. The molecule has 0 rings (SSSR count). The van der Waals surface area contributed by atoms with Gasteiger partial charge in [0, 0.05) is 0 Å². The highest BCUT2D eigenvalue weighted by Crippen LogP contribution is 2.20. The molecule has 0 saturated carbocycles. The highest BCUT2D eigenvalue weighted by Gasteiger charge is 2.31. The van der Waals surface area contributed by atoms with E-state index in [2.05, 4.69) is 13.8 Å². The van der Waals surface area contributed by atoms with E-state index in [-0.39, 0.29) is 4.48 Å². The van der Waals surface area contributed by atoms with Crippen LogP contribution in [0.2, 0.25) is 0 Å². The first-order chi connectivity index (χ1) is 20.1. The Hall–Kier alpha value is -0.180. The van der Waals surface area contributed by atoms with Gasteiger partial charge in [0.05, 0.1) is 20.1 Å². The second-order valence-corrected chi connectivity index (χ2v) is 13.8. The van der Waals surface area contributed by atoms with Gasteiger partial charge in [-0.3, -0.25) is 4.48 Å². The Balaban J connectivity index is 3.50. The van der Waals surface area contributed by atoms with E-state index in [0.29, 0.717) is 13.1 Å². The minimum atomic E-state index is -2.23. The summed E-state index contributed by atoms with van der Waals surface area (Å²) in [6.07, 6.45) is 42.7. The van der Waals surface area contributed by atoms with Crippen LogP contribution in [0.1, 0.15) is 219 Å². The quantitative estimate of drug-likeness (QED) is 0.0393. The lowest BCUT2D eigenvalue weighted by Crippen LogP contribution is -2.49. The van der Waals surface area contributed by atoms with E-state index in [1.165, 1.54) is 180 Å². The number of quaternary nitrogens is 1. The van der Waals surface area contributed by atoms with Crippen LogP contribution in [0.15, 0.2) is 0 Å². The number of alkyl halides is 2. The van der Waals surface area contributed by atoms with Crippen molar-refractivity contribution in [3.05, 3.63) is 0 Å². The van der Waals surface area contributed by atoms with Crippen LogP contribution in [0.4, 0.5) is 8.78 Å². The van der Waals surface area contributed by atoms with Crippen LogP contribution in [0.25, 0.3) is 0 Å². The van der Waals surface area contributed by atoms with Crippen molar-refractivity contribution in [1.82, 2.24) is 0 Å². The molecule has 1 nitrogen and oxygen atoms in total. The summed E-state index contributed by atoms with van der Waals surface area (Å²) in [5.74, 6) is 0. The van der Waals surface area contributed by atoms with Gasteiger partial charge >= 0.3 is 6.55 Å². The summed E-state index contributed by atoms with van der Waals surface area (Å²) in [4.78, 5) is 0. The maximum atomic E-state index is 13.8. The molecule has 3 heteroatoms. The fourth-order valence-corrected chi connectivity index (χ4v) is 6.35. The maximum Gasteiger partial charge on any atom is 0.380 e. The average Bonchev–Trinajstić information content (AvgIpc) is 2.96. The van der Waals surface area contributed by atoms with E-state index >= 15 is 0 Å². The number of halogens is 2. The Labute approximate surface area is 259 Å². The number of hydrogen-bond donors (Lipinski definition) is 0. The molecule has 0 spiro atoms. The Morgan fingerprint density at radius 2 is 0.488 bits per heavy atom. The van der Waals surface area contributed by atoms with Crippen LogP contribution < -0.4 is 0 Å². The van der Waals surface area contributed by atoms with Crippen molar-refractivity contribution >= 4 is 0 Å². The van der Waals surface area contributed by atoms with Crippen LogP contribution in [0, 0.1) is 0 Å². The van der Waals surface area contributed by atoms with Gasteiger partial charge in [-0.15, -0.1) is 0 Å². The second-order valence-electron chi connectivity index (χ2n) is 13.8. The molecule has 0 heterocycles. The van der Waals surface area contributed by atoms with Crippen molar-refractivity contribution in [3.8, 4) is 0 Å². The largest absolute Gasteiger partial charge is 0.380 e. The molecule has 0 saturated heterocycles. The molecule has 0 unspecified atom stereocenters.